The Bertz CT molecular complexity index is 1960. The van der Waals surface area contributed by atoms with E-state index < -0.39 is 11.2 Å². The molecule has 3 aromatic carbocycles. The van der Waals surface area contributed by atoms with E-state index in [0.717, 1.165) is 21.0 Å². The molecule has 38 heavy (non-hydrogen) atoms. The quantitative estimate of drug-likeness (QED) is 0.333. The van der Waals surface area contributed by atoms with Gasteiger partial charge < -0.3 is 9.72 Å². The molecule has 0 aliphatic carbocycles. The van der Waals surface area contributed by atoms with Crippen LogP contribution in [0.3, 0.4) is 0 Å². The predicted molar refractivity (Wildman–Crippen MR) is 147 cm³/mol. The van der Waals surface area contributed by atoms with Crippen LogP contribution in [0, 0.1) is 6.92 Å². The maximum Gasteiger partial charge on any atom is 0.333 e. The van der Waals surface area contributed by atoms with Crippen LogP contribution >= 0.6 is 11.6 Å². The van der Waals surface area contributed by atoms with Gasteiger partial charge in [-0.25, -0.2) is 9.36 Å². The van der Waals surface area contributed by atoms with Gasteiger partial charge in [-0.3, -0.25) is 19.7 Å². The van der Waals surface area contributed by atoms with Crippen LogP contribution in [0.2, 0.25) is 5.02 Å². The fourth-order valence-electron chi connectivity index (χ4n) is 4.50. The van der Waals surface area contributed by atoms with Gasteiger partial charge in [0.15, 0.2) is 0 Å². The van der Waals surface area contributed by atoms with Crippen LogP contribution < -0.4 is 16.0 Å². The number of fused-ring (bicyclic) bond motifs is 2. The zero-order valence-electron chi connectivity index (χ0n) is 20.2. The number of aromatic amines is 1. The number of pyridine rings is 1. The molecule has 6 rings (SSSR count). The lowest BCUT2D eigenvalue weighted by atomic mass is 10.0. The number of rotatable bonds is 5. The Hall–Kier alpha value is -4.82. The molecule has 0 spiro atoms. The summed E-state index contributed by atoms with van der Waals surface area (Å²) in [5.74, 6) is 0.541. The van der Waals surface area contributed by atoms with Gasteiger partial charge in [-0.05, 0) is 36.8 Å². The highest BCUT2D eigenvalue weighted by atomic mass is 35.5. The summed E-state index contributed by atoms with van der Waals surface area (Å²) in [4.78, 5) is 42.4. The summed E-state index contributed by atoms with van der Waals surface area (Å²) in [5, 5.41) is 2.40. The smallest absolute Gasteiger partial charge is 0.333 e. The highest BCUT2D eigenvalue weighted by Gasteiger charge is 2.16. The second-order valence-corrected chi connectivity index (χ2v) is 9.11. The number of nitrogens with one attached hydrogen (secondary N) is 1. The molecule has 6 aromatic rings. The normalized spacial score (nSPS) is 11.2. The number of hydrogen-bond acceptors (Lipinski definition) is 6. The number of aryl methyl sites for hydroxylation is 1. The Morgan fingerprint density at radius 1 is 0.947 bits per heavy atom. The summed E-state index contributed by atoms with van der Waals surface area (Å²) in [7, 11) is 0. The van der Waals surface area contributed by atoms with Gasteiger partial charge in [0.2, 0.25) is 0 Å². The summed E-state index contributed by atoms with van der Waals surface area (Å²) in [6.07, 6.45) is 6.46. The van der Waals surface area contributed by atoms with Gasteiger partial charge in [0.25, 0.3) is 5.56 Å². The van der Waals surface area contributed by atoms with Crippen LogP contribution in [-0.2, 0) is 6.61 Å². The number of H-pyrrole nitrogens is 1. The van der Waals surface area contributed by atoms with Crippen LogP contribution in [0.1, 0.15) is 11.4 Å². The maximum absolute atomic E-state index is 13.5. The van der Waals surface area contributed by atoms with E-state index in [1.165, 1.54) is 6.20 Å². The van der Waals surface area contributed by atoms with Gasteiger partial charge in [0.05, 0.1) is 39.2 Å². The third-order valence-electron chi connectivity index (χ3n) is 6.40. The van der Waals surface area contributed by atoms with Gasteiger partial charge >= 0.3 is 5.69 Å². The van der Waals surface area contributed by atoms with Crippen LogP contribution in [0.5, 0.6) is 5.75 Å². The van der Waals surface area contributed by atoms with E-state index in [4.69, 9.17) is 16.3 Å². The largest absolute Gasteiger partial charge is 0.487 e. The van der Waals surface area contributed by atoms with Gasteiger partial charge in [-0.15, -0.1) is 0 Å². The van der Waals surface area contributed by atoms with Crippen molar-refractivity contribution in [3.05, 3.63) is 123 Å². The monoisotopic (exact) mass is 521 g/mol. The lowest BCUT2D eigenvalue weighted by Gasteiger charge is -2.14. The topological polar surface area (TPSA) is 103 Å². The zero-order valence-corrected chi connectivity index (χ0v) is 20.9. The standard InChI is InChI=1S/C29H20ClN5O3/c1-17-24(33-12-11-32-17)16-38-26-8-4-7-22(30)27(26)18-9-10-21-23(13-18)34-29(37)35(28(21)36)25-15-31-14-19-5-2-3-6-20(19)25/h2-15H,16H2,1H3,(H,34,37). The summed E-state index contributed by atoms with van der Waals surface area (Å²) >= 11 is 6.60. The SMILES string of the molecule is Cc1nccnc1COc1cccc(Cl)c1-c1ccc2c(=O)n(-c3cncc4ccccc34)c(=O)[nH]c2c1. The van der Waals surface area contributed by atoms with Crippen molar-refractivity contribution in [2.24, 2.45) is 0 Å². The summed E-state index contributed by atoms with van der Waals surface area (Å²) in [6, 6.07) is 18.0. The fraction of sp³-hybridized carbons (Fsp3) is 0.0690. The third kappa shape index (κ3) is 4.10. The number of aromatic nitrogens is 5. The van der Waals surface area contributed by atoms with Crippen LogP contribution in [0.15, 0.2) is 95.0 Å². The van der Waals surface area contributed by atoms with Crippen molar-refractivity contribution in [1.82, 2.24) is 24.5 Å². The molecule has 8 nitrogen and oxygen atoms in total. The van der Waals surface area contributed by atoms with Crippen molar-refractivity contribution in [3.8, 4) is 22.6 Å². The van der Waals surface area contributed by atoms with Gasteiger partial charge in [-0.1, -0.05) is 48.0 Å². The number of ether oxygens (including phenoxy) is 1. The Morgan fingerprint density at radius 2 is 1.79 bits per heavy atom. The molecule has 1 N–H and O–H groups in total. The van der Waals surface area contributed by atoms with E-state index in [1.54, 1.807) is 48.9 Å². The van der Waals surface area contributed by atoms with Gasteiger partial charge in [0.1, 0.15) is 12.4 Å². The lowest BCUT2D eigenvalue weighted by Crippen LogP contribution is -2.33. The Kier molecular flexibility index (Phi) is 5.94. The molecule has 3 heterocycles. The Balaban J connectivity index is 1.45. The molecular weight excluding hydrogens is 502 g/mol. The molecule has 0 fully saturated rings. The van der Waals surface area contributed by atoms with E-state index in [0.29, 0.717) is 44.2 Å². The maximum atomic E-state index is 13.5. The number of benzene rings is 3. The van der Waals surface area contributed by atoms with Crippen molar-refractivity contribution < 1.29 is 4.74 Å². The average Bonchev–Trinajstić information content (AvgIpc) is 2.92. The zero-order chi connectivity index (χ0) is 26.2. The van der Waals surface area contributed by atoms with E-state index in [-0.39, 0.29) is 6.61 Å². The molecule has 0 aliphatic rings. The van der Waals surface area contributed by atoms with Gasteiger partial charge in [-0.2, -0.15) is 0 Å². The summed E-state index contributed by atoms with van der Waals surface area (Å²) in [5.41, 5.74) is 2.61. The van der Waals surface area contributed by atoms with E-state index in [9.17, 15) is 9.59 Å². The molecule has 0 unspecified atom stereocenters. The van der Waals surface area contributed by atoms with Crippen molar-refractivity contribution in [3.63, 3.8) is 0 Å². The van der Waals surface area contributed by atoms with E-state index >= 15 is 0 Å². The molecular formula is C29H20ClN5O3. The first-order valence-electron chi connectivity index (χ1n) is 11.8. The average molecular weight is 522 g/mol. The predicted octanol–water partition coefficient (Wildman–Crippen LogP) is 5.23. The Morgan fingerprint density at radius 3 is 2.66 bits per heavy atom. The van der Waals surface area contributed by atoms with Crippen molar-refractivity contribution >= 4 is 33.3 Å². The molecule has 0 aliphatic heterocycles. The summed E-state index contributed by atoms with van der Waals surface area (Å²) < 4.78 is 7.20. The van der Waals surface area contributed by atoms with E-state index in [1.807, 2.05) is 37.3 Å². The Labute approximate surface area is 221 Å². The first-order chi connectivity index (χ1) is 18.5. The van der Waals surface area contributed by atoms with Crippen molar-refractivity contribution in [1.29, 1.82) is 0 Å². The molecule has 0 amide bonds. The molecule has 3 aromatic heterocycles. The van der Waals surface area contributed by atoms with Crippen LogP contribution in [0.25, 0.3) is 38.5 Å². The minimum atomic E-state index is -0.563. The molecule has 0 saturated heterocycles. The first-order valence-corrected chi connectivity index (χ1v) is 12.2. The number of hydrogen-bond donors (Lipinski definition) is 1. The molecule has 0 bridgehead atoms. The molecule has 0 saturated carbocycles. The molecule has 9 heteroatoms. The highest BCUT2D eigenvalue weighted by Crippen LogP contribution is 2.37. The second kappa shape index (κ2) is 9.57. The van der Waals surface area contributed by atoms with Crippen LogP contribution in [0.4, 0.5) is 0 Å². The molecule has 0 radical (unpaired) electrons. The lowest BCUT2D eigenvalue weighted by molar-refractivity contribution is 0.301. The van der Waals surface area contributed by atoms with Crippen molar-refractivity contribution in [2.75, 3.05) is 0 Å². The third-order valence-corrected chi connectivity index (χ3v) is 6.71. The second-order valence-electron chi connectivity index (χ2n) is 8.70. The minimum Gasteiger partial charge on any atom is -0.487 e. The highest BCUT2D eigenvalue weighted by molar-refractivity contribution is 6.33. The summed E-state index contributed by atoms with van der Waals surface area (Å²) in [6.45, 7) is 2.08. The molecule has 186 valence electrons. The first kappa shape index (κ1) is 23.6. The van der Waals surface area contributed by atoms with Crippen molar-refractivity contribution in [2.45, 2.75) is 13.5 Å². The fourth-order valence-corrected chi connectivity index (χ4v) is 4.77. The number of nitrogens with zero attached hydrogens (tertiary/aromatic N) is 4. The van der Waals surface area contributed by atoms with Gasteiger partial charge in [0, 0.05) is 34.9 Å². The number of halogens is 1. The molecule has 0 atom stereocenters. The van der Waals surface area contributed by atoms with Crippen LogP contribution in [-0.4, -0.2) is 24.5 Å². The van der Waals surface area contributed by atoms with E-state index in [2.05, 4.69) is 19.9 Å². The minimum absolute atomic E-state index is 0.210.